The van der Waals surface area contributed by atoms with Crippen molar-refractivity contribution in [2.45, 2.75) is 13.0 Å². The van der Waals surface area contributed by atoms with Crippen molar-refractivity contribution in [3.05, 3.63) is 65.7 Å². The Morgan fingerprint density at radius 2 is 1.81 bits per heavy atom. The lowest BCUT2D eigenvalue weighted by atomic mass is 10.1. The largest absolute Gasteiger partial charge is 0.484 e. The second-order valence-corrected chi connectivity index (χ2v) is 6.50. The highest BCUT2D eigenvalue weighted by atomic mass is 16.5. The molecule has 1 N–H and O–H groups in total. The molecule has 2 aromatic carbocycles. The topological polar surface area (TPSA) is 50.8 Å². The van der Waals surface area contributed by atoms with E-state index in [1.807, 2.05) is 61.5 Å². The molecular formula is C21H26N2O3. The number of para-hydroxylation sites is 1. The van der Waals surface area contributed by atoms with Gasteiger partial charge < -0.3 is 14.8 Å². The number of ether oxygens (including phenoxy) is 2. The molecule has 1 atom stereocenters. The van der Waals surface area contributed by atoms with E-state index in [1.165, 1.54) is 0 Å². The number of hydrogen-bond donors (Lipinski definition) is 1. The average molecular weight is 354 g/mol. The number of carbonyl (C=O) groups is 1. The molecule has 1 aliphatic heterocycles. The van der Waals surface area contributed by atoms with Gasteiger partial charge in [-0.25, -0.2) is 0 Å². The minimum absolute atomic E-state index is 0.0112. The molecule has 0 bridgehead atoms. The standard InChI is InChI=1S/C21H26N2O3/c1-17-7-5-6-10-20(17)26-16-21(24)22-19(18-8-3-2-4-9-18)15-23-11-13-25-14-12-23/h2-10,19H,11-16H2,1H3,(H,22,24)/t19-/m1/s1. The Balaban J connectivity index is 1.61. The minimum atomic E-state index is -0.115. The highest BCUT2D eigenvalue weighted by Crippen LogP contribution is 2.17. The van der Waals surface area contributed by atoms with Crippen LogP contribution < -0.4 is 10.1 Å². The third-order valence-corrected chi connectivity index (χ3v) is 4.53. The van der Waals surface area contributed by atoms with E-state index in [2.05, 4.69) is 10.2 Å². The SMILES string of the molecule is Cc1ccccc1OCC(=O)N[C@H](CN1CCOCC1)c1ccccc1. The van der Waals surface area contributed by atoms with Crippen LogP contribution in [0.1, 0.15) is 17.2 Å². The molecular weight excluding hydrogens is 328 g/mol. The van der Waals surface area contributed by atoms with E-state index in [0.29, 0.717) is 0 Å². The number of aryl methyl sites for hydroxylation is 1. The fourth-order valence-corrected chi connectivity index (χ4v) is 3.06. The van der Waals surface area contributed by atoms with Gasteiger partial charge in [0.1, 0.15) is 5.75 Å². The average Bonchev–Trinajstić information content (AvgIpc) is 2.68. The fraction of sp³-hybridized carbons (Fsp3) is 0.381. The molecule has 1 aliphatic rings. The monoisotopic (exact) mass is 354 g/mol. The van der Waals surface area contributed by atoms with Crippen LogP contribution in [-0.2, 0) is 9.53 Å². The van der Waals surface area contributed by atoms with E-state index >= 15 is 0 Å². The third kappa shape index (κ3) is 5.31. The highest BCUT2D eigenvalue weighted by Gasteiger charge is 2.20. The molecule has 0 saturated carbocycles. The predicted octanol–water partition coefficient (Wildman–Crippen LogP) is 2.56. The number of morpholine rings is 1. The normalized spacial score (nSPS) is 16.0. The Hall–Kier alpha value is -2.37. The van der Waals surface area contributed by atoms with Crippen molar-refractivity contribution in [3.63, 3.8) is 0 Å². The molecule has 1 amide bonds. The summed E-state index contributed by atoms with van der Waals surface area (Å²) in [6.45, 7) is 6.01. The number of rotatable bonds is 7. The van der Waals surface area contributed by atoms with Crippen LogP contribution in [0, 0.1) is 6.92 Å². The summed E-state index contributed by atoms with van der Waals surface area (Å²) in [5.74, 6) is 0.627. The van der Waals surface area contributed by atoms with Crippen LogP contribution in [0.2, 0.25) is 0 Å². The Labute approximate surface area is 154 Å². The second-order valence-electron chi connectivity index (χ2n) is 6.50. The van der Waals surface area contributed by atoms with Crippen molar-refractivity contribution in [1.29, 1.82) is 0 Å². The van der Waals surface area contributed by atoms with Gasteiger partial charge in [-0.05, 0) is 24.1 Å². The molecule has 0 unspecified atom stereocenters. The predicted molar refractivity (Wildman–Crippen MR) is 101 cm³/mol. The van der Waals surface area contributed by atoms with E-state index in [4.69, 9.17) is 9.47 Å². The summed E-state index contributed by atoms with van der Waals surface area (Å²) in [6, 6.07) is 17.7. The summed E-state index contributed by atoms with van der Waals surface area (Å²) in [5.41, 5.74) is 2.12. The Morgan fingerprint density at radius 1 is 1.12 bits per heavy atom. The molecule has 0 aliphatic carbocycles. The third-order valence-electron chi connectivity index (χ3n) is 4.53. The van der Waals surface area contributed by atoms with Gasteiger partial charge >= 0.3 is 0 Å². The van der Waals surface area contributed by atoms with Crippen LogP contribution in [0.4, 0.5) is 0 Å². The second kappa shape index (κ2) is 9.36. The molecule has 5 heteroatoms. The maximum atomic E-state index is 12.5. The number of benzene rings is 2. The molecule has 5 nitrogen and oxygen atoms in total. The Kier molecular flexibility index (Phi) is 6.63. The number of hydrogen-bond acceptors (Lipinski definition) is 4. The van der Waals surface area contributed by atoms with Crippen LogP contribution in [0.3, 0.4) is 0 Å². The van der Waals surface area contributed by atoms with Crippen LogP contribution in [-0.4, -0.2) is 50.3 Å². The first-order valence-electron chi connectivity index (χ1n) is 9.05. The maximum absolute atomic E-state index is 12.5. The first-order valence-corrected chi connectivity index (χ1v) is 9.05. The van der Waals surface area contributed by atoms with Gasteiger partial charge in [0.2, 0.25) is 0 Å². The maximum Gasteiger partial charge on any atom is 0.258 e. The molecule has 2 aromatic rings. The van der Waals surface area contributed by atoms with Gasteiger partial charge in [-0.15, -0.1) is 0 Å². The van der Waals surface area contributed by atoms with E-state index < -0.39 is 0 Å². The molecule has 138 valence electrons. The first-order chi connectivity index (χ1) is 12.7. The van der Waals surface area contributed by atoms with Gasteiger partial charge in [0.05, 0.1) is 19.3 Å². The van der Waals surface area contributed by atoms with Crippen molar-refractivity contribution in [2.75, 3.05) is 39.5 Å². The molecule has 0 aromatic heterocycles. The summed E-state index contributed by atoms with van der Waals surface area (Å²) in [7, 11) is 0. The lowest BCUT2D eigenvalue weighted by Gasteiger charge is -2.31. The van der Waals surface area contributed by atoms with E-state index in [1.54, 1.807) is 0 Å². The zero-order chi connectivity index (χ0) is 18.2. The number of carbonyl (C=O) groups excluding carboxylic acids is 1. The number of nitrogens with zero attached hydrogens (tertiary/aromatic N) is 1. The molecule has 1 heterocycles. The molecule has 0 spiro atoms. The van der Waals surface area contributed by atoms with Crippen LogP contribution in [0.25, 0.3) is 0 Å². The van der Waals surface area contributed by atoms with Crippen molar-refractivity contribution < 1.29 is 14.3 Å². The molecule has 0 radical (unpaired) electrons. The minimum Gasteiger partial charge on any atom is -0.484 e. The molecule has 26 heavy (non-hydrogen) atoms. The smallest absolute Gasteiger partial charge is 0.258 e. The van der Waals surface area contributed by atoms with E-state index in [0.717, 1.165) is 49.7 Å². The number of nitrogens with one attached hydrogen (secondary N) is 1. The van der Waals surface area contributed by atoms with Crippen molar-refractivity contribution in [2.24, 2.45) is 0 Å². The van der Waals surface area contributed by atoms with Crippen molar-refractivity contribution >= 4 is 5.91 Å². The quantitative estimate of drug-likeness (QED) is 0.830. The summed E-state index contributed by atoms with van der Waals surface area (Å²) in [5, 5.41) is 3.12. The highest BCUT2D eigenvalue weighted by molar-refractivity contribution is 5.78. The summed E-state index contributed by atoms with van der Waals surface area (Å²) in [6.07, 6.45) is 0. The molecule has 1 saturated heterocycles. The van der Waals surface area contributed by atoms with Gasteiger partial charge in [0, 0.05) is 19.6 Å². The Bertz CT molecular complexity index is 699. The van der Waals surface area contributed by atoms with Gasteiger partial charge in [-0.1, -0.05) is 48.5 Å². The van der Waals surface area contributed by atoms with Gasteiger partial charge in [-0.2, -0.15) is 0 Å². The zero-order valence-corrected chi connectivity index (χ0v) is 15.2. The van der Waals surface area contributed by atoms with Crippen LogP contribution in [0.15, 0.2) is 54.6 Å². The summed E-state index contributed by atoms with van der Waals surface area (Å²) < 4.78 is 11.1. The summed E-state index contributed by atoms with van der Waals surface area (Å²) in [4.78, 5) is 14.8. The zero-order valence-electron chi connectivity index (χ0n) is 15.2. The van der Waals surface area contributed by atoms with Gasteiger partial charge in [0.25, 0.3) is 5.91 Å². The molecule has 3 rings (SSSR count). The Morgan fingerprint density at radius 3 is 2.54 bits per heavy atom. The lowest BCUT2D eigenvalue weighted by molar-refractivity contribution is -0.124. The molecule has 1 fully saturated rings. The lowest BCUT2D eigenvalue weighted by Crippen LogP contribution is -2.44. The van der Waals surface area contributed by atoms with E-state index in [9.17, 15) is 4.79 Å². The van der Waals surface area contributed by atoms with Crippen molar-refractivity contribution in [1.82, 2.24) is 10.2 Å². The van der Waals surface area contributed by atoms with Crippen LogP contribution in [0.5, 0.6) is 5.75 Å². The number of amides is 1. The van der Waals surface area contributed by atoms with Gasteiger partial charge in [-0.3, -0.25) is 9.69 Å². The van der Waals surface area contributed by atoms with Crippen molar-refractivity contribution in [3.8, 4) is 5.75 Å². The fourth-order valence-electron chi connectivity index (χ4n) is 3.06. The summed E-state index contributed by atoms with van der Waals surface area (Å²) >= 11 is 0. The van der Waals surface area contributed by atoms with E-state index in [-0.39, 0.29) is 18.6 Å². The van der Waals surface area contributed by atoms with Gasteiger partial charge in [0.15, 0.2) is 6.61 Å². The first kappa shape index (κ1) is 18.4. The van der Waals surface area contributed by atoms with Crippen LogP contribution >= 0.6 is 0 Å².